The average Bonchev–Trinajstić information content (AvgIpc) is 2.68. The van der Waals surface area contributed by atoms with Crippen molar-refractivity contribution in [3.05, 3.63) is 53.2 Å². The molecular weight excluding hydrogens is 396 g/mol. The van der Waals surface area contributed by atoms with Crippen LogP contribution in [0.5, 0.6) is 0 Å². The average molecular weight is 425 g/mol. The second-order valence-corrected chi connectivity index (χ2v) is 8.93. The highest BCUT2D eigenvalue weighted by molar-refractivity contribution is 8.00. The van der Waals surface area contributed by atoms with Gasteiger partial charge in [0.05, 0.1) is 22.1 Å². The third kappa shape index (κ3) is 5.61. The summed E-state index contributed by atoms with van der Waals surface area (Å²) in [4.78, 5) is 31.9. The van der Waals surface area contributed by atoms with Gasteiger partial charge in [-0.25, -0.2) is 4.98 Å². The van der Waals surface area contributed by atoms with Gasteiger partial charge in [-0.05, 0) is 59.7 Å². The van der Waals surface area contributed by atoms with E-state index in [0.29, 0.717) is 22.0 Å². The summed E-state index contributed by atoms with van der Waals surface area (Å²) in [6.07, 6.45) is 0. The van der Waals surface area contributed by atoms with Crippen molar-refractivity contribution in [3.8, 4) is 6.07 Å². The maximum atomic E-state index is 12.9. The molecule has 7 heteroatoms. The lowest BCUT2D eigenvalue weighted by Gasteiger charge is -2.32. The molecule has 1 aromatic heterocycles. The molecule has 0 fully saturated rings. The standard InChI is InChI=1S/C23H28N4O2S/c1-14(2)27(15(3)4)23(29)17(6)30-22-18(13-24)12-20(16(5)25-22)21(28)26-19-10-8-7-9-11-19/h7-12,14-15,17H,1-6H3,(H,26,28). The molecule has 1 unspecified atom stereocenters. The molecule has 158 valence electrons. The van der Waals surface area contributed by atoms with Crippen LogP contribution in [-0.4, -0.2) is 39.0 Å². The van der Waals surface area contributed by atoms with E-state index >= 15 is 0 Å². The van der Waals surface area contributed by atoms with Gasteiger partial charge in [-0.3, -0.25) is 9.59 Å². The fraction of sp³-hybridized carbons (Fsp3) is 0.391. The fourth-order valence-electron chi connectivity index (χ4n) is 3.24. The number of carbonyl (C=O) groups is 2. The molecule has 2 aromatic rings. The molecule has 6 nitrogen and oxygen atoms in total. The van der Waals surface area contributed by atoms with Crippen LogP contribution in [0.1, 0.15) is 56.2 Å². The van der Waals surface area contributed by atoms with Crippen LogP contribution in [0.15, 0.2) is 41.4 Å². The van der Waals surface area contributed by atoms with E-state index in [1.807, 2.05) is 57.7 Å². The van der Waals surface area contributed by atoms with Crippen molar-refractivity contribution >= 4 is 29.3 Å². The summed E-state index contributed by atoms with van der Waals surface area (Å²) in [6, 6.07) is 12.9. The van der Waals surface area contributed by atoms with Crippen LogP contribution in [0, 0.1) is 18.3 Å². The van der Waals surface area contributed by atoms with Crippen LogP contribution < -0.4 is 5.32 Å². The minimum absolute atomic E-state index is 0.000704. The van der Waals surface area contributed by atoms with Crippen molar-refractivity contribution in [1.29, 1.82) is 5.26 Å². The Hall–Kier alpha value is -2.85. The molecule has 0 aliphatic carbocycles. The van der Waals surface area contributed by atoms with Gasteiger partial charge in [0.25, 0.3) is 5.91 Å². The molecule has 30 heavy (non-hydrogen) atoms. The van der Waals surface area contributed by atoms with Crippen molar-refractivity contribution < 1.29 is 9.59 Å². The maximum absolute atomic E-state index is 12.9. The van der Waals surface area contributed by atoms with Crippen LogP contribution in [0.2, 0.25) is 0 Å². The molecule has 0 radical (unpaired) electrons. The molecule has 0 spiro atoms. The van der Waals surface area contributed by atoms with E-state index in [-0.39, 0.29) is 29.5 Å². The Bertz CT molecular complexity index is 944. The summed E-state index contributed by atoms with van der Waals surface area (Å²) in [6.45, 7) is 11.5. The van der Waals surface area contributed by atoms with Gasteiger partial charge in [0, 0.05) is 17.8 Å². The molecule has 1 heterocycles. The normalized spacial score (nSPS) is 11.8. The Balaban J connectivity index is 2.26. The van der Waals surface area contributed by atoms with Gasteiger partial charge < -0.3 is 10.2 Å². The molecule has 0 saturated heterocycles. The fourth-order valence-corrected chi connectivity index (χ4v) is 4.21. The molecule has 0 saturated carbocycles. The minimum Gasteiger partial charge on any atom is -0.337 e. The van der Waals surface area contributed by atoms with Gasteiger partial charge in [0.15, 0.2) is 0 Å². The molecule has 2 amide bonds. The highest BCUT2D eigenvalue weighted by Gasteiger charge is 2.27. The van der Waals surface area contributed by atoms with E-state index in [0.717, 1.165) is 0 Å². The number of hydrogen-bond acceptors (Lipinski definition) is 5. The first-order valence-electron chi connectivity index (χ1n) is 9.92. The lowest BCUT2D eigenvalue weighted by molar-refractivity contribution is -0.133. The van der Waals surface area contributed by atoms with Crippen molar-refractivity contribution in [2.45, 2.75) is 63.9 Å². The Kier molecular flexibility index (Phi) is 8.01. The number of anilines is 1. The highest BCUT2D eigenvalue weighted by Crippen LogP contribution is 2.29. The third-order valence-corrected chi connectivity index (χ3v) is 5.67. The molecule has 1 N–H and O–H groups in total. The smallest absolute Gasteiger partial charge is 0.257 e. The van der Waals surface area contributed by atoms with Crippen LogP contribution in [0.3, 0.4) is 0 Å². The number of amides is 2. The topological polar surface area (TPSA) is 86.1 Å². The molecule has 0 aliphatic heterocycles. The van der Waals surface area contributed by atoms with Crippen LogP contribution in [0.25, 0.3) is 0 Å². The SMILES string of the molecule is Cc1nc(SC(C)C(=O)N(C(C)C)C(C)C)c(C#N)cc1C(=O)Nc1ccccc1. The van der Waals surface area contributed by atoms with E-state index in [2.05, 4.69) is 16.4 Å². The monoisotopic (exact) mass is 424 g/mol. The first kappa shape index (κ1) is 23.4. The highest BCUT2D eigenvalue weighted by atomic mass is 32.2. The zero-order valence-electron chi connectivity index (χ0n) is 18.3. The number of carbonyl (C=O) groups excluding carboxylic acids is 2. The Morgan fingerprint density at radius 3 is 2.23 bits per heavy atom. The summed E-state index contributed by atoms with van der Waals surface area (Å²) in [5, 5.41) is 12.5. The summed E-state index contributed by atoms with van der Waals surface area (Å²) < 4.78 is 0. The number of aryl methyl sites for hydroxylation is 1. The number of benzene rings is 1. The molecule has 0 bridgehead atoms. The molecule has 1 atom stereocenters. The predicted octanol–water partition coefficient (Wildman–Crippen LogP) is 4.64. The van der Waals surface area contributed by atoms with E-state index in [9.17, 15) is 14.9 Å². The number of nitriles is 1. The second-order valence-electron chi connectivity index (χ2n) is 7.60. The zero-order valence-corrected chi connectivity index (χ0v) is 19.1. The van der Waals surface area contributed by atoms with E-state index < -0.39 is 5.25 Å². The zero-order chi connectivity index (χ0) is 22.4. The first-order chi connectivity index (χ1) is 14.1. The maximum Gasteiger partial charge on any atom is 0.257 e. The van der Waals surface area contributed by atoms with Crippen molar-refractivity contribution in [3.63, 3.8) is 0 Å². The number of rotatable bonds is 7. The summed E-state index contributed by atoms with van der Waals surface area (Å²) in [5.74, 6) is -0.326. The van der Waals surface area contributed by atoms with Gasteiger partial charge >= 0.3 is 0 Å². The molecule has 0 aliphatic rings. The number of hydrogen-bond donors (Lipinski definition) is 1. The van der Waals surface area contributed by atoms with E-state index in [4.69, 9.17) is 0 Å². The Morgan fingerprint density at radius 1 is 1.10 bits per heavy atom. The number of aromatic nitrogens is 1. The van der Waals surface area contributed by atoms with Crippen LogP contribution in [-0.2, 0) is 4.79 Å². The number of nitrogens with zero attached hydrogens (tertiary/aromatic N) is 3. The van der Waals surface area contributed by atoms with E-state index in [1.165, 1.54) is 11.8 Å². The minimum atomic E-state index is -0.405. The quantitative estimate of drug-likeness (QED) is 0.655. The summed E-state index contributed by atoms with van der Waals surface area (Å²) >= 11 is 1.25. The number of para-hydroxylation sites is 1. The summed E-state index contributed by atoms with van der Waals surface area (Å²) in [5.41, 5.74) is 1.79. The van der Waals surface area contributed by atoms with E-state index in [1.54, 1.807) is 25.1 Å². The first-order valence-corrected chi connectivity index (χ1v) is 10.8. The van der Waals surface area contributed by atoms with Gasteiger partial charge in [-0.15, -0.1) is 0 Å². The van der Waals surface area contributed by atoms with Crippen LogP contribution in [0.4, 0.5) is 5.69 Å². The van der Waals surface area contributed by atoms with Crippen molar-refractivity contribution in [2.75, 3.05) is 5.32 Å². The number of pyridine rings is 1. The second kappa shape index (κ2) is 10.3. The van der Waals surface area contributed by atoms with Crippen molar-refractivity contribution in [2.24, 2.45) is 0 Å². The van der Waals surface area contributed by atoms with Crippen molar-refractivity contribution in [1.82, 2.24) is 9.88 Å². The molecule has 1 aromatic carbocycles. The van der Waals surface area contributed by atoms with Gasteiger partial charge in [-0.1, -0.05) is 30.0 Å². The Labute approximate surface area is 182 Å². The van der Waals surface area contributed by atoms with Gasteiger partial charge in [0.2, 0.25) is 5.91 Å². The lowest BCUT2D eigenvalue weighted by Crippen LogP contribution is -2.45. The van der Waals surface area contributed by atoms with Crippen LogP contribution >= 0.6 is 11.8 Å². The largest absolute Gasteiger partial charge is 0.337 e. The number of nitrogens with one attached hydrogen (secondary N) is 1. The lowest BCUT2D eigenvalue weighted by atomic mass is 10.1. The Morgan fingerprint density at radius 2 is 1.70 bits per heavy atom. The predicted molar refractivity (Wildman–Crippen MR) is 121 cm³/mol. The summed E-state index contributed by atoms with van der Waals surface area (Å²) in [7, 11) is 0. The molecular formula is C23H28N4O2S. The van der Waals surface area contributed by atoms with Gasteiger partial charge in [-0.2, -0.15) is 5.26 Å². The number of thioether (sulfide) groups is 1. The third-order valence-electron chi connectivity index (χ3n) is 4.58. The van der Waals surface area contributed by atoms with Gasteiger partial charge in [0.1, 0.15) is 11.1 Å². The molecule has 2 rings (SSSR count).